The first-order valence-corrected chi connectivity index (χ1v) is 15.6. The molecule has 0 aliphatic rings. The highest BCUT2D eigenvalue weighted by molar-refractivity contribution is 7.92. The third-order valence-electron chi connectivity index (χ3n) is 6.66. The zero-order chi connectivity index (χ0) is 29.1. The fraction of sp³-hybridized carbons (Fsp3) is 0.188. The SMILES string of the molecule is CCOc1ccc(NS(=O)(=O)c2ccc(C)c(C(=O)N(c3ccc(C(C)C)cc3)c3nc4ccccc4s3)c2)cc1. The van der Waals surface area contributed by atoms with E-state index in [4.69, 9.17) is 9.72 Å². The van der Waals surface area contributed by atoms with Crippen molar-refractivity contribution in [1.82, 2.24) is 4.98 Å². The maximum atomic E-state index is 14.3. The van der Waals surface area contributed by atoms with E-state index in [0.717, 1.165) is 15.8 Å². The number of carbonyl (C=O) groups excluding carboxylic acids is 1. The Morgan fingerprint density at radius 1 is 0.976 bits per heavy atom. The van der Waals surface area contributed by atoms with Crippen LogP contribution < -0.4 is 14.4 Å². The van der Waals surface area contributed by atoms with Crippen molar-refractivity contribution in [3.8, 4) is 5.75 Å². The molecule has 1 N–H and O–H groups in total. The number of nitrogens with one attached hydrogen (secondary N) is 1. The van der Waals surface area contributed by atoms with Gasteiger partial charge < -0.3 is 4.74 Å². The minimum absolute atomic E-state index is 0.0141. The Kier molecular flexibility index (Phi) is 8.10. The summed E-state index contributed by atoms with van der Waals surface area (Å²) < 4.78 is 35.7. The predicted molar refractivity (Wildman–Crippen MR) is 166 cm³/mol. The highest BCUT2D eigenvalue weighted by Crippen LogP contribution is 2.36. The number of fused-ring (bicyclic) bond motifs is 1. The van der Waals surface area contributed by atoms with E-state index in [9.17, 15) is 13.2 Å². The average Bonchev–Trinajstić information content (AvgIpc) is 3.38. The summed E-state index contributed by atoms with van der Waals surface area (Å²) in [7, 11) is -3.98. The first-order chi connectivity index (χ1) is 19.7. The molecule has 210 valence electrons. The topological polar surface area (TPSA) is 88.6 Å². The largest absolute Gasteiger partial charge is 0.494 e. The summed E-state index contributed by atoms with van der Waals surface area (Å²) in [6.45, 7) is 8.42. The van der Waals surface area contributed by atoms with Crippen LogP contribution in [-0.2, 0) is 10.0 Å². The minimum atomic E-state index is -3.98. The van der Waals surface area contributed by atoms with Crippen LogP contribution in [0.15, 0.2) is 95.9 Å². The van der Waals surface area contributed by atoms with Gasteiger partial charge in [0.25, 0.3) is 15.9 Å². The summed E-state index contributed by atoms with van der Waals surface area (Å²) in [5.74, 6) is 0.620. The molecule has 1 aromatic heterocycles. The van der Waals surface area contributed by atoms with E-state index in [2.05, 4.69) is 18.6 Å². The van der Waals surface area contributed by atoms with Crippen LogP contribution >= 0.6 is 11.3 Å². The van der Waals surface area contributed by atoms with Crippen LogP contribution in [0.1, 0.15) is 48.2 Å². The van der Waals surface area contributed by atoms with Crippen molar-refractivity contribution in [3.63, 3.8) is 0 Å². The van der Waals surface area contributed by atoms with E-state index in [1.807, 2.05) is 55.5 Å². The maximum absolute atomic E-state index is 14.3. The fourth-order valence-electron chi connectivity index (χ4n) is 4.40. The Morgan fingerprint density at radius 3 is 2.34 bits per heavy atom. The van der Waals surface area contributed by atoms with Gasteiger partial charge in [0.2, 0.25) is 0 Å². The summed E-state index contributed by atoms with van der Waals surface area (Å²) >= 11 is 1.41. The van der Waals surface area contributed by atoms with Crippen molar-refractivity contribution < 1.29 is 17.9 Å². The summed E-state index contributed by atoms with van der Waals surface area (Å²) in [5.41, 5.74) is 3.90. The third-order valence-corrected chi connectivity index (χ3v) is 9.06. The van der Waals surface area contributed by atoms with Crippen molar-refractivity contribution in [3.05, 3.63) is 108 Å². The van der Waals surface area contributed by atoms with Gasteiger partial charge in [-0.2, -0.15) is 0 Å². The number of sulfonamides is 1. The lowest BCUT2D eigenvalue weighted by Gasteiger charge is -2.22. The van der Waals surface area contributed by atoms with Crippen molar-refractivity contribution in [1.29, 1.82) is 0 Å². The fourth-order valence-corrected chi connectivity index (χ4v) is 6.47. The number of aromatic nitrogens is 1. The number of benzene rings is 4. The molecular weight excluding hydrogens is 555 g/mol. The molecule has 41 heavy (non-hydrogen) atoms. The van der Waals surface area contributed by atoms with Crippen molar-refractivity contribution >= 4 is 54.0 Å². The Balaban J connectivity index is 1.53. The Bertz CT molecular complexity index is 1760. The second-order valence-electron chi connectivity index (χ2n) is 9.89. The second-order valence-corrected chi connectivity index (χ2v) is 12.6. The number of para-hydroxylation sites is 1. The molecule has 5 rings (SSSR count). The molecule has 4 aromatic carbocycles. The second kappa shape index (κ2) is 11.7. The summed E-state index contributed by atoms with van der Waals surface area (Å²) in [6, 6.07) is 26.8. The van der Waals surface area contributed by atoms with E-state index in [0.29, 0.717) is 40.3 Å². The van der Waals surface area contributed by atoms with Crippen LogP contribution in [0.25, 0.3) is 10.2 Å². The van der Waals surface area contributed by atoms with E-state index in [1.165, 1.54) is 23.5 Å². The maximum Gasteiger partial charge on any atom is 0.264 e. The Morgan fingerprint density at radius 2 is 1.68 bits per heavy atom. The van der Waals surface area contributed by atoms with Gasteiger partial charge in [0, 0.05) is 11.3 Å². The van der Waals surface area contributed by atoms with Gasteiger partial charge in [-0.25, -0.2) is 13.4 Å². The average molecular weight is 586 g/mol. The smallest absolute Gasteiger partial charge is 0.264 e. The van der Waals surface area contributed by atoms with Gasteiger partial charge in [-0.3, -0.25) is 14.4 Å². The minimum Gasteiger partial charge on any atom is -0.494 e. The molecule has 0 spiro atoms. The number of carbonyl (C=O) groups is 1. The number of rotatable bonds is 9. The van der Waals surface area contributed by atoms with Gasteiger partial charge in [-0.05, 0) is 91.6 Å². The van der Waals surface area contributed by atoms with Crippen LogP contribution in [0.2, 0.25) is 0 Å². The van der Waals surface area contributed by atoms with Crippen molar-refractivity contribution in [2.45, 2.75) is 38.5 Å². The molecule has 0 unspecified atom stereocenters. The molecule has 7 nitrogen and oxygen atoms in total. The highest BCUT2D eigenvalue weighted by Gasteiger charge is 2.26. The van der Waals surface area contributed by atoms with E-state index < -0.39 is 10.0 Å². The molecule has 0 fully saturated rings. The molecule has 0 saturated heterocycles. The molecule has 1 heterocycles. The third kappa shape index (κ3) is 6.11. The molecule has 5 aromatic rings. The number of ether oxygens (including phenoxy) is 1. The number of aryl methyl sites for hydroxylation is 1. The molecule has 0 aliphatic heterocycles. The van der Waals surface area contributed by atoms with Crippen LogP contribution in [0, 0.1) is 6.92 Å². The summed E-state index contributed by atoms with van der Waals surface area (Å²) in [4.78, 5) is 20.6. The molecule has 9 heteroatoms. The van der Waals surface area contributed by atoms with E-state index >= 15 is 0 Å². The van der Waals surface area contributed by atoms with Gasteiger partial charge in [0.05, 0.1) is 27.4 Å². The predicted octanol–water partition coefficient (Wildman–Crippen LogP) is 7.91. The summed E-state index contributed by atoms with van der Waals surface area (Å²) in [5, 5.41) is 0.508. The van der Waals surface area contributed by atoms with Crippen LogP contribution in [0.3, 0.4) is 0 Å². The van der Waals surface area contributed by atoms with Gasteiger partial charge in [-0.1, -0.05) is 55.5 Å². The van der Waals surface area contributed by atoms with Gasteiger partial charge >= 0.3 is 0 Å². The highest BCUT2D eigenvalue weighted by atomic mass is 32.2. The molecule has 0 aliphatic carbocycles. The quantitative estimate of drug-likeness (QED) is 0.190. The van der Waals surface area contributed by atoms with E-state index in [1.54, 1.807) is 42.2 Å². The standard InChI is InChI=1S/C32H31N3O4S2/c1-5-39-26-17-13-24(14-18-26)34-41(37,38)27-19-10-22(4)28(20-27)31(36)35(25-15-11-23(12-16-25)21(2)3)32-33-29-8-6-7-9-30(29)40-32/h6-21,34H,5H2,1-4H3. The Hall–Kier alpha value is -4.21. The number of amides is 1. The molecular formula is C32H31N3O4S2. The zero-order valence-electron chi connectivity index (χ0n) is 23.3. The van der Waals surface area contributed by atoms with Crippen molar-refractivity contribution in [2.24, 2.45) is 0 Å². The van der Waals surface area contributed by atoms with Crippen LogP contribution in [0.4, 0.5) is 16.5 Å². The lowest BCUT2D eigenvalue weighted by molar-refractivity contribution is 0.0998. The summed E-state index contributed by atoms with van der Waals surface area (Å²) in [6.07, 6.45) is 0. The first-order valence-electron chi connectivity index (χ1n) is 13.3. The molecule has 0 bridgehead atoms. The number of thiazole rings is 1. The molecule has 0 saturated carbocycles. The zero-order valence-corrected chi connectivity index (χ0v) is 24.9. The van der Waals surface area contributed by atoms with Gasteiger partial charge in [0.1, 0.15) is 5.75 Å². The van der Waals surface area contributed by atoms with Crippen molar-refractivity contribution in [2.75, 3.05) is 16.2 Å². The molecule has 0 atom stereocenters. The van der Waals surface area contributed by atoms with E-state index in [-0.39, 0.29) is 16.4 Å². The number of hydrogen-bond acceptors (Lipinski definition) is 6. The lowest BCUT2D eigenvalue weighted by Crippen LogP contribution is -2.27. The van der Waals surface area contributed by atoms with Gasteiger partial charge in [0.15, 0.2) is 5.13 Å². The number of anilines is 3. The monoisotopic (exact) mass is 585 g/mol. The Labute approximate surface area is 244 Å². The number of nitrogens with zero attached hydrogens (tertiary/aromatic N) is 2. The molecule has 1 amide bonds. The van der Waals surface area contributed by atoms with Crippen LogP contribution in [0.5, 0.6) is 5.75 Å². The van der Waals surface area contributed by atoms with Crippen LogP contribution in [-0.4, -0.2) is 25.9 Å². The lowest BCUT2D eigenvalue weighted by atomic mass is 10.0. The molecule has 0 radical (unpaired) electrons. The first kappa shape index (κ1) is 28.3. The number of hydrogen-bond donors (Lipinski definition) is 1. The van der Waals surface area contributed by atoms with Gasteiger partial charge in [-0.15, -0.1) is 0 Å². The normalized spacial score (nSPS) is 11.5.